The van der Waals surface area contributed by atoms with Gasteiger partial charge < -0.3 is 4.90 Å². The minimum atomic E-state index is 0.160. The van der Waals surface area contributed by atoms with Crippen LogP contribution in [0, 0.1) is 26.7 Å². The summed E-state index contributed by atoms with van der Waals surface area (Å²) in [5.74, 6) is 1.76. The van der Waals surface area contributed by atoms with Crippen LogP contribution in [0.15, 0.2) is 53.9 Å². The molecule has 1 saturated carbocycles. The SMILES string of the molecule is CC.CC(=O)c1cc(C)cs1.Cc1cc(C(=O)CCCCCC2CCCC2=O)ccc1C1CCN(c2ccccc2C)CC1. The highest BCUT2D eigenvalue weighted by Crippen LogP contribution is 2.34. The van der Waals surface area contributed by atoms with Gasteiger partial charge in [0.05, 0.1) is 4.88 Å². The third-order valence-corrected chi connectivity index (χ3v) is 10.1. The molecule has 3 aromatic rings. The number of para-hydroxylation sites is 1. The van der Waals surface area contributed by atoms with Crippen LogP contribution in [0.3, 0.4) is 0 Å². The Labute approximate surface area is 270 Å². The quantitative estimate of drug-likeness (QED) is 0.168. The van der Waals surface area contributed by atoms with E-state index in [9.17, 15) is 14.4 Å². The number of unbranched alkanes of at least 4 members (excludes halogenated alkanes) is 2. The maximum absolute atomic E-state index is 12.7. The summed E-state index contributed by atoms with van der Waals surface area (Å²) in [6.45, 7) is 14.1. The zero-order valence-electron chi connectivity index (χ0n) is 27.9. The Morgan fingerprint density at radius 1 is 0.886 bits per heavy atom. The number of benzene rings is 2. The summed E-state index contributed by atoms with van der Waals surface area (Å²) >= 11 is 1.51. The molecule has 1 saturated heterocycles. The summed E-state index contributed by atoms with van der Waals surface area (Å²) < 4.78 is 0. The number of Topliss-reactive ketones (excluding diaryl/α,β-unsaturated/α-hetero) is 3. The Morgan fingerprint density at radius 2 is 1.61 bits per heavy atom. The van der Waals surface area contributed by atoms with Crippen LogP contribution >= 0.6 is 11.3 Å². The molecule has 2 aromatic carbocycles. The molecule has 1 aliphatic carbocycles. The molecular formula is C39H53NO3S. The zero-order valence-corrected chi connectivity index (χ0v) is 28.7. The first-order valence-electron chi connectivity index (χ1n) is 16.8. The maximum atomic E-state index is 12.7. The van der Waals surface area contributed by atoms with Crippen molar-refractivity contribution in [2.45, 2.75) is 112 Å². The first-order chi connectivity index (χ1) is 21.2. The number of rotatable bonds is 10. The van der Waals surface area contributed by atoms with Crippen LogP contribution in [0.4, 0.5) is 5.69 Å². The van der Waals surface area contributed by atoms with Gasteiger partial charge in [0.15, 0.2) is 11.6 Å². The van der Waals surface area contributed by atoms with Gasteiger partial charge in [-0.3, -0.25) is 14.4 Å². The van der Waals surface area contributed by atoms with Gasteiger partial charge >= 0.3 is 0 Å². The van der Waals surface area contributed by atoms with Crippen LogP contribution in [0.1, 0.15) is 133 Å². The largest absolute Gasteiger partial charge is 0.371 e. The van der Waals surface area contributed by atoms with E-state index in [0.717, 1.165) is 81.3 Å². The topological polar surface area (TPSA) is 54.5 Å². The van der Waals surface area contributed by atoms with E-state index in [1.54, 1.807) is 6.92 Å². The van der Waals surface area contributed by atoms with Gasteiger partial charge in [-0.05, 0) is 118 Å². The van der Waals surface area contributed by atoms with Gasteiger partial charge in [-0.2, -0.15) is 0 Å². The Kier molecular flexibility index (Phi) is 14.5. The number of ketones is 3. The van der Waals surface area contributed by atoms with Crippen LogP contribution in [-0.4, -0.2) is 30.4 Å². The number of hydrogen-bond donors (Lipinski definition) is 0. The molecule has 238 valence electrons. The van der Waals surface area contributed by atoms with Gasteiger partial charge in [0.2, 0.25) is 0 Å². The van der Waals surface area contributed by atoms with Crippen LogP contribution in [0.5, 0.6) is 0 Å². The summed E-state index contributed by atoms with van der Waals surface area (Å²) in [6.07, 6.45) is 9.93. The van der Waals surface area contributed by atoms with E-state index >= 15 is 0 Å². The fourth-order valence-electron chi connectivity index (χ4n) is 6.46. The van der Waals surface area contributed by atoms with Crippen molar-refractivity contribution < 1.29 is 14.4 Å². The van der Waals surface area contributed by atoms with Crippen molar-refractivity contribution in [3.05, 3.63) is 86.6 Å². The van der Waals surface area contributed by atoms with E-state index in [2.05, 4.69) is 61.2 Å². The standard InChI is InChI=1S/C30H39NO2.C7H8OS.C2H6/c1-22-9-6-7-12-28(22)31-19-17-24(18-20-31)27-16-15-26(21-23(27)2)30(33)13-5-3-4-10-25-11-8-14-29(25)32;1-5-3-7(6(2)8)9-4-5;1-2/h6-7,9,12,15-16,21,24-25H,3-5,8,10-11,13-14,17-20H2,1-2H3;3-4H,1-2H3;1-2H3. The first kappa shape index (κ1) is 35.4. The van der Waals surface area contributed by atoms with Gasteiger partial charge in [-0.15, -0.1) is 11.3 Å². The number of anilines is 1. The Bertz CT molecular complexity index is 1370. The zero-order chi connectivity index (χ0) is 32.1. The number of carbonyl (C=O) groups excluding carboxylic acids is 3. The van der Waals surface area contributed by atoms with Crippen LogP contribution in [0.2, 0.25) is 0 Å². The average Bonchev–Trinajstić information content (AvgIpc) is 3.66. The fourth-order valence-corrected chi connectivity index (χ4v) is 7.26. The highest BCUT2D eigenvalue weighted by Gasteiger charge is 2.24. The highest BCUT2D eigenvalue weighted by atomic mass is 32.1. The number of hydrogen-bond acceptors (Lipinski definition) is 5. The lowest BCUT2D eigenvalue weighted by Crippen LogP contribution is -2.33. The Balaban J connectivity index is 0.000000409. The summed E-state index contributed by atoms with van der Waals surface area (Å²) in [5, 5.41) is 1.98. The van der Waals surface area contributed by atoms with Crippen molar-refractivity contribution in [2.24, 2.45) is 5.92 Å². The van der Waals surface area contributed by atoms with Gasteiger partial charge in [-0.25, -0.2) is 0 Å². The predicted octanol–water partition coefficient (Wildman–Crippen LogP) is 10.5. The number of piperidine rings is 1. The van der Waals surface area contributed by atoms with E-state index in [4.69, 9.17) is 0 Å². The molecule has 2 fully saturated rings. The first-order valence-corrected chi connectivity index (χ1v) is 17.6. The second-order valence-electron chi connectivity index (χ2n) is 12.2. The smallest absolute Gasteiger partial charge is 0.169 e. The van der Waals surface area contributed by atoms with Crippen molar-refractivity contribution in [1.82, 2.24) is 0 Å². The van der Waals surface area contributed by atoms with Crippen molar-refractivity contribution in [3.8, 4) is 0 Å². The molecule has 1 aliphatic heterocycles. The molecule has 0 bridgehead atoms. The lowest BCUT2D eigenvalue weighted by molar-refractivity contribution is -0.120. The molecule has 2 heterocycles. The molecule has 0 N–H and O–H groups in total. The summed E-state index contributed by atoms with van der Waals surface area (Å²) in [4.78, 5) is 38.5. The molecule has 0 radical (unpaired) electrons. The maximum Gasteiger partial charge on any atom is 0.169 e. The average molecular weight is 616 g/mol. The number of thiophene rings is 1. The number of aryl methyl sites for hydroxylation is 3. The second kappa shape index (κ2) is 18.0. The molecule has 1 unspecified atom stereocenters. The molecule has 0 spiro atoms. The van der Waals surface area contributed by atoms with Gasteiger partial charge in [0.1, 0.15) is 5.78 Å². The van der Waals surface area contributed by atoms with Gasteiger partial charge in [-0.1, -0.05) is 57.0 Å². The molecule has 4 nitrogen and oxygen atoms in total. The number of nitrogens with zero attached hydrogens (tertiary/aromatic N) is 1. The third-order valence-electron chi connectivity index (χ3n) is 8.95. The molecule has 1 atom stereocenters. The van der Waals surface area contributed by atoms with Crippen molar-refractivity contribution in [3.63, 3.8) is 0 Å². The van der Waals surface area contributed by atoms with Crippen LogP contribution in [0.25, 0.3) is 0 Å². The monoisotopic (exact) mass is 615 g/mol. The van der Waals surface area contributed by atoms with Crippen molar-refractivity contribution in [1.29, 1.82) is 0 Å². The predicted molar refractivity (Wildman–Crippen MR) is 187 cm³/mol. The summed E-state index contributed by atoms with van der Waals surface area (Å²) in [7, 11) is 0. The van der Waals surface area contributed by atoms with E-state index in [1.165, 1.54) is 39.3 Å². The minimum Gasteiger partial charge on any atom is -0.371 e. The molecule has 44 heavy (non-hydrogen) atoms. The van der Waals surface area contributed by atoms with Crippen LogP contribution < -0.4 is 4.90 Å². The normalized spacial score (nSPS) is 16.5. The third kappa shape index (κ3) is 10.3. The minimum absolute atomic E-state index is 0.160. The van der Waals surface area contributed by atoms with Crippen molar-refractivity contribution >= 4 is 34.4 Å². The lowest BCUT2D eigenvalue weighted by Gasteiger charge is -2.35. The summed E-state index contributed by atoms with van der Waals surface area (Å²) in [5.41, 5.74) is 7.42. The molecule has 1 aromatic heterocycles. The number of carbonyl (C=O) groups is 3. The Hall–Kier alpha value is -3.05. The molecule has 0 amide bonds. The molecule has 2 aliphatic rings. The Morgan fingerprint density at radius 3 is 2.18 bits per heavy atom. The van der Waals surface area contributed by atoms with E-state index in [1.807, 2.05) is 32.2 Å². The highest BCUT2D eigenvalue weighted by molar-refractivity contribution is 7.12. The fraction of sp³-hybridized carbons (Fsp3) is 0.513. The van der Waals surface area contributed by atoms with Crippen molar-refractivity contribution in [2.75, 3.05) is 18.0 Å². The molecule has 5 heteroatoms. The lowest BCUT2D eigenvalue weighted by atomic mass is 9.85. The van der Waals surface area contributed by atoms with Gasteiger partial charge in [0.25, 0.3) is 0 Å². The van der Waals surface area contributed by atoms with E-state index in [0.29, 0.717) is 24.0 Å². The van der Waals surface area contributed by atoms with E-state index < -0.39 is 0 Å². The summed E-state index contributed by atoms with van der Waals surface area (Å²) in [6, 6.07) is 16.9. The van der Waals surface area contributed by atoms with E-state index in [-0.39, 0.29) is 11.6 Å². The van der Waals surface area contributed by atoms with Gasteiger partial charge in [0, 0.05) is 43.1 Å². The second-order valence-corrected chi connectivity index (χ2v) is 13.2. The molecular weight excluding hydrogens is 563 g/mol. The molecule has 5 rings (SSSR count). The van der Waals surface area contributed by atoms with Crippen LogP contribution in [-0.2, 0) is 4.79 Å².